The summed E-state index contributed by atoms with van der Waals surface area (Å²) >= 11 is 0. The van der Waals surface area contributed by atoms with E-state index in [1.165, 1.54) is 0 Å². The quantitative estimate of drug-likeness (QED) is 0.537. The van der Waals surface area contributed by atoms with Crippen LogP contribution in [0, 0.1) is 0 Å². The largest absolute Gasteiger partial charge is 0.319 e. The molecular formula is C9H18F4N2. The monoisotopic (exact) mass is 230 g/mol. The summed E-state index contributed by atoms with van der Waals surface area (Å²) in [5, 5.41) is 5.33. The smallest absolute Gasteiger partial charge is 0.311 e. The maximum Gasteiger partial charge on any atom is 0.319 e. The Balaban J connectivity index is 3.55. The Labute approximate surface area is 87.4 Å². The van der Waals surface area contributed by atoms with Crippen LogP contribution in [0.2, 0.25) is 0 Å². The molecule has 0 atom stereocenters. The fourth-order valence-electron chi connectivity index (χ4n) is 0.858. The summed E-state index contributed by atoms with van der Waals surface area (Å²) in [6.45, 7) is 5.50. The lowest BCUT2D eigenvalue weighted by molar-refractivity contribution is -0.125. The second-order valence-electron chi connectivity index (χ2n) is 4.42. The molecule has 0 aromatic rings. The van der Waals surface area contributed by atoms with Gasteiger partial charge in [0.15, 0.2) is 0 Å². The van der Waals surface area contributed by atoms with E-state index in [0.29, 0.717) is 6.54 Å². The molecule has 0 aromatic carbocycles. The summed E-state index contributed by atoms with van der Waals surface area (Å²) < 4.78 is 48.2. The van der Waals surface area contributed by atoms with Crippen molar-refractivity contribution >= 4 is 0 Å². The van der Waals surface area contributed by atoms with Crippen LogP contribution in [0.4, 0.5) is 17.6 Å². The summed E-state index contributed by atoms with van der Waals surface area (Å²) in [5.41, 5.74) is -0.104. The van der Waals surface area contributed by atoms with Gasteiger partial charge in [0.2, 0.25) is 0 Å². The van der Waals surface area contributed by atoms with Gasteiger partial charge in [0.05, 0.1) is 6.54 Å². The van der Waals surface area contributed by atoms with Crippen LogP contribution in [0.1, 0.15) is 20.8 Å². The second kappa shape index (κ2) is 5.65. The normalized spacial score (nSPS) is 13.6. The third-order valence-electron chi connectivity index (χ3n) is 1.64. The first-order chi connectivity index (χ1) is 6.65. The van der Waals surface area contributed by atoms with Gasteiger partial charge in [0.25, 0.3) is 0 Å². The molecule has 6 heteroatoms. The molecule has 0 saturated carbocycles. The third-order valence-corrected chi connectivity index (χ3v) is 1.64. The Morgan fingerprint density at radius 2 is 1.60 bits per heavy atom. The fourth-order valence-corrected chi connectivity index (χ4v) is 0.858. The Morgan fingerprint density at radius 1 is 1.07 bits per heavy atom. The molecule has 0 rings (SSSR count). The molecule has 0 radical (unpaired) electrons. The summed E-state index contributed by atoms with van der Waals surface area (Å²) in [7, 11) is 0. The molecule has 0 unspecified atom stereocenters. The van der Waals surface area contributed by atoms with Gasteiger partial charge in [-0.1, -0.05) is 0 Å². The molecule has 0 amide bonds. The zero-order chi connectivity index (χ0) is 12.1. The predicted octanol–water partition coefficient (Wildman–Crippen LogP) is 1.86. The first kappa shape index (κ1) is 14.6. The van der Waals surface area contributed by atoms with E-state index in [1.54, 1.807) is 0 Å². The first-order valence-corrected chi connectivity index (χ1v) is 4.77. The average Bonchev–Trinajstić information content (AvgIpc) is 2.00. The van der Waals surface area contributed by atoms with Gasteiger partial charge in [-0.25, -0.2) is 8.78 Å². The SMILES string of the molecule is CC(C)(C)NCCNCC(F)(F)C(F)F. The summed E-state index contributed by atoms with van der Waals surface area (Å²) in [4.78, 5) is 0. The van der Waals surface area contributed by atoms with E-state index in [1.807, 2.05) is 20.8 Å². The van der Waals surface area contributed by atoms with Crippen LogP contribution in [0.3, 0.4) is 0 Å². The minimum atomic E-state index is -3.94. The van der Waals surface area contributed by atoms with Crippen molar-refractivity contribution in [3.05, 3.63) is 0 Å². The van der Waals surface area contributed by atoms with Gasteiger partial charge in [-0.2, -0.15) is 8.78 Å². The fraction of sp³-hybridized carbons (Fsp3) is 1.00. The lowest BCUT2D eigenvalue weighted by Gasteiger charge is -2.21. The van der Waals surface area contributed by atoms with Crippen LogP contribution in [-0.4, -0.2) is 37.5 Å². The zero-order valence-electron chi connectivity index (χ0n) is 9.21. The summed E-state index contributed by atoms with van der Waals surface area (Å²) in [6.07, 6.45) is -3.61. The Bertz CT molecular complexity index is 177. The predicted molar refractivity (Wildman–Crippen MR) is 51.6 cm³/mol. The first-order valence-electron chi connectivity index (χ1n) is 4.77. The molecule has 0 fully saturated rings. The van der Waals surface area contributed by atoms with E-state index in [4.69, 9.17) is 0 Å². The van der Waals surface area contributed by atoms with Crippen molar-refractivity contribution in [1.82, 2.24) is 10.6 Å². The number of hydrogen-bond acceptors (Lipinski definition) is 2. The second-order valence-corrected chi connectivity index (χ2v) is 4.42. The molecule has 0 saturated heterocycles. The number of nitrogens with one attached hydrogen (secondary N) is 2. The Morgan fingerprint density at radius 3 is 2.00 bits per heavy atom. The molecule has 0 aromatic heterocycles. The highest BCUT2D eigenvalue weighted by molar-refractivity contribution is 4.74. The van der Waals surface area contributed by atoms with Crippen LogP contribution < -0.4 is 10.6 Å². The maximum absolute atomic E-state index is 12.4. The molecule has 92 valence electrons. The average molecular weight is 230 g/mol. The summed E-state index contributed by atoms with van der Waals surface area (Å²) in [5.74, 6) is -3.94. The molecule has 0 heterocycles. The molecule has 2 nitrogen and oxygen atoms in total. The van der Waals surface area contributed by atoms with E-state index in [9.17, 15) is 17.6 Å². The number of halogens is 4. The van der Waals surface area contributed by atoms with Gasteiger partial charge in [0.1, 0.15) is 0 Å². The van der Waals surface area contributed by atoms with Gasteiger partial charge in [0, 0.05) is 18.6 Å². The van der Waals surface area contributed by atoms with Crippen LogP contribution in [-0.2, 0) is 0 Å². The molecule has 0 aliphatic heterocycles. The minimum absolute atomic E-state index is 0.104. The highest BCUT2D eigenvalue weighted by atomic mass is 19.3. The Hall–Kier alpha value is -0.360. The molecule has 15 heavy (non-hydrogen) atoms. The zero-order valence-corrected chi connectivity index (χ0v) is 9.21. The minimum Gasteiger partial charge on any atom is -0.311 e. The van der Waals surface area contributed by atoms with Crippen molar-refractivity contribution in [2.75, 3.05) is 19.6 Å². The van der Waals surface area contributed by atoms with Crippen molar-refractivity contribution < 1.29 is 17.6 Å². The molecule has 0 aliphatic carbocycles. The summed E-state index contributed by atoms with van der Waals surface area (Å²) in [6, 6.07) is 0. The third kappa shape index (κ3) is 7.56. The van der Waals surface area contributed by atoms with Gasteiger partial charge >= 0.3 is 12.3 Å². The van der Waals surface area contributed by atoms with Crippen LogP contribution in [0.25, 0.3) is 0 Å². The van der Waals surface area contributed by atoms with Gasteiger partial charge < -0.3 is 10.6 Å². The van der Waals surface area contributed by atoms with Gasteiger partial charge in [-0.15, -0.1) is 0 Å². The number of alkyl halides is 4. The molecule has 0 aliphatic rings. The highest BCUT2D eigenvalue weighted by Crippen LogP contribution is 2.21. The lowest BCUT2D eigenvalue weighted by atomic mass is 10.1. The van der Waals surface area contributed by atoms with Gasteiger partial charge in [-0.05, 0) is 20.8 Å². The number of hydrogen-bond donors (Lipinski definition) is 2. The standard InChI is InChI=1S/C9H18F4N2/c1-8(2,3)15-5-4-14-6-9(12,13)7(10)11/h7,14-15H,4-6H2,1-3H3. The van der Waals surface area contributed by atoms with E-state index in [-0.39, 0.29) is 12.1 Å². The van der Waals surface area contributed by atoms with Crippen LogP contribution >= 0.6 is 0 Å². The Kier molecular flexibility index (Phi) is 5.51. The van der Waals surface area contributed by atoms with Crippen molar-refractivity contribution in [2.45, 2.75) is 38.7 Å². The molecule has 0 spiro atoms. The van der Waals surface area contributed by atoms with Crippen LogP contribution in [0.5, 0.6) is 0 Å². The van der Waals surface area contributed by atoms with E-state index < -0.39 is 18.9 Å². The van der Waals surface area contributed by atoms with Crippen molar-refractivity contribution in [3.8, 4) is 0 Å². The van der Waals surface area contributed by atoms with Crippen molar-refractivity contribution in [2.24, 2.45) is 0 Å². The number of rotatable bonds is 6. The molecular weight excluding hydrogens is 212 g/mol. The van der Waals surface area contributed by atoms with Crippen molar-refractivity contribution in [3.63, 3.8) is 0 Å². The van der Waals surface area contributed by atoms with E-state index in [0.717, 1.165) is 0 Å². The van der Waals surface area contributed by atoms with Crippen molar-refractivity contribution in [1.29, 1.82) is 0 Å². The topological polar surface area (TPSA) is 24.1 Å². The van der Waals surface area contributed by atoms with E-state index >= 15 is 0 Å². The lowest BCUT2D eigenvalue weighted by Crippen LogP contribution is -2.44. The molecule has 2 N–H and O–H groups in total. The van der Waals surface area contributed by atoms with E-state index in [2.05, 4.69) is 10.6 Å². The van der Waals surface area contributed by atoms with Gasteiger partial charge in [-0.3, -0.25) is 0 Å². The maximum atomic E-state index is 12.4. The highest BCUT2D eigenvalue weighted by Gasteiger charge is 2.39. The van der Waals surface area contributed by atoms with Crippen LogP contribution in [0.15, 0.2) is 0 Å². The molecule has 0 bridgehead atoms.